The van der Waals surface area contributed by atoms with E-state index < -0.39 is 24.0 Å². The van der Waals surface area contributed by atoms with Gasteiger partial charge in [-0.3, -0.25) is 14.5 Å². The van der Waals surface area contributed by atoms with Gasteiger partial charge in [0.25, 0.3) is 5.91 Å². The summed E-state index contributed by atoms with van der Waals surface area (Å²) in [5.41, 5.74) is -0.0197. The third-order valence-electron chi connectivity index (χ3n) is 6.63. The summed E-state index contributed by atoms with van der Waals surface area (Å²) in [5.74, 6) is -2.52. The van der Waals surface area contributed by atoms with Crippen LogP contribution in [0.3, 0.4) is 0 Å². The number of hydrogen-bond donors (Lipinski definition) is 2. The standard InChI is InChI=1S/C20H27N3O6S/c1-4-5-6-21-17(25)12-7-11(8-22(12)20(21)29)30-16-9(2)14-13(10(3)24)18(26)23(14)15(16)19(27)28/h9-14,24H,4-8H2,1-3H3,(H,27,28)/t9-,10-,11+,12-,13-,14-/m1/s1. The molecule has 10 heteroatoms. The fourth-order valence-corrected chi connectivity index (χ4v) is 6.66. The van der Waals surface area contributed by atoms with Crippen LogP contribution >= 0.6 is 11.8 Å². The Bertz CT molecular complexity index is 818. The molecule has 0 aromatic rings. The monoisotopic (exact) mass is 437 g/mol. The van der Waals surface area contributed by atoms with E-state index in [0.717, 1.165) is 12.8 Å². The quantitative estimate of drug-likeness (QED) is 0.452. The number of aliphatic hydroxyl groups excluding tert-OH is 1. The summed E-state index contributed by atoms with van der Waals surface area (Å²) in [6.07, 6.45) is 1.30. The maximum atomic E-state index is 12.7. The van der Waals surface area contributed by atoms with Gasteiger partial charge in [-0.05, 0) is 19.8 Å². The lowest BCUT2D eigenvalue weighted by Crippen LogP contribution is -2.63. The van der Waals surface area contributed by atoms with Gasteiger partial charge in [0.2, 0.25) is 5.91 Å². The molecule has 3 fully saturated rings. The Hall–Kier alpha value is -2.07. The Morgan fingerprint density at radius 3 is 2.53 bits per heavy atom. The third-order valence-corrected chi connectivity index (χ3v) is 8.12. The fourth-order valence-electron chi connectivity index (χ4n) is 5.14. The Morgan fingerprint density at radius 2 is 1.97 bits per heavy atom. The predicted octanol–water partition coefficient (Wildman–Crippen LogP) is 1.08. The molecule has 4 rings (SSSR count). The summed E-state index contributed by atoms with van der Waals surface area (Å²) in [6, 6.07) is -1.11. The van der Waals surface area contributed by atoms with E-state index in [1.54, 1.807) is 11.8 Å². The average Bonchev–Trinajstić information content (AvgIpc) is 3.26. The summed E-state index contributed by atoms with van der Waals surface area (Å²) in [6.45, 7) is 6.24. The molecule has 0 bridgehead atoms. The summed E-state index contributed by atoms with van der Waals surface area (Å²) < 4.78 is 0. The van der Waals surface area contributed by atoms with E-state index in [1.807, 2.05) is 13.8 Å². The zero-order chi connectivity index (χ0) is 21.9. The van der Waals surface area contributed by atoms with Crippen molar-refractivity contribution in [2.45, 2.75) is 63.5 Å². The number of fused-ring (bicyclic) bond motifs is 2. The number of rotatable bonds is 7. The SMILES string of the molecule is CCCCN1C(=O)[C@H]2C[C@H](SC3=C(C(=O)O)N4C(=O)[C@H]([C@@H](C)O)[C@H]4[C@H]3C)CN2C1=O. The first-order valence-electron chi connectivity index (χ1n) is 10.5. The first-order chi connectivity index (χ1) is 14.2. The number of nitrogens with zero attached hydrogens (tertiary/aromatic N) is 3. The number of carbonyl (C=O) groups is 4. The molecule has 4 aliphatic heterocycles. The number of thioether (sulfide) groups is 1. The molecule has 6 atom stereocenters. The highest BCUT2D eigenvalue weighted by Gasteiger charge is 2.60. The second-order valence-electron chi connectivity index (χ2n) is 8.54. The van der Waals surface area contributed by atoms with Crippen LogP contribution in [0.2, 0.25) is 0 Å². The number of urea groups is 1. The number of carboxylic acid groups (broad SMARTS) is 1. The third kappa shape index (κ3) is 2.95. The minimum Gasteiger partial charge on any atom is -0.477 e. The number of imide groups is 1. The summed E-state index contributed by atoms with van der Waals surface area (Å²) in [5, 5.41) is 19.6. The van der Waals surface area contributed by atoms with E-state index in [2.05, 4.69) is 0 Å². The Morgan fingerprint density at radius 1 is 1.27 bits per heavy atom. The van der Waals surface area contributed by atoms with Gasteiger partial charge in [0.05, 0.1) is 18.1 Å². The van der Waals surface area contributed by atoms with Crippen molar-refractivity contribution in [3.63, 3.8) is 0 Å². The van der Waals surface area contributed by atoms with Gasteiger partial charge < -0.3 is 20.0 Å². The van der Waals surface area contributed by atoms with Crippen LogP contribution in [0.25, 0.3) is 0 Å². The summed E-state index contributed by atoms with van der Waals surface area (Å²) in [4.78, 5) is 54.5. The van der Waals surface area contributed by atoms with Gasteiger partial charge in [-0.15, -0.1) is 11.8 Å². The van der Waals surface area contributed by atoms with E-state index in [9.17, 15) is 29.4 Å². The number of aliphatic hydroxyl groups is 1. The van der Waals surface area contributed by atoms with Crippen molar-refractivity contribution in [1.29, 1.82) is 0 Å². The largest absolute Gasteiger partial charge is 0.477 e. The minimum absolute atomic E-state index is 0.0197. The molecule has 0 aromatic carbocycles. The van der Waals surface area contributed by atoms with Crippen LogP contribution in [0.1, 0.15) is 40.0 Å². The second-order valence-corrected chi connectivity index (χ2v) is 9.88. The van der Waals surface area contributed by atoms with Crippen molar-refractivity contribution in [1.82, 2.24) is 14.7 Å². The molecular weight excluding hydrogens is 410 g/mol. The lowest BCUT2D eigenvalue weighted by molar-refractivity contribution is -0.163. The van der Waals surface area contributed by atoms with Crippen LogP contribution in [0, 0.1) is 11.8 Å². The Labute approximate surface area is 179 Å². The molecule has 9 nitrogen and oxygen atoms in total. The van der Waals surface area contributed by atoms with E-state index in [4.69, 9.17) is 0 Å². The molecule has 0 saturated carbocycles. The number of unbranched alkanes of at least 4 members (excludes halogenated alkanes) is 1. The van der Waals surface area contributed by atoms with E-state index in [1.165, 1.54) is 21.6 Å². The molecule has 0 unspecified atom stereocenters. The van der Waals surface area contributed by atoms with Crippen LogP contribution in [0.15, 0.2) is 10.6 Å². The smallest absolute Gasteiger partial charge is 0.353 e. The molecule has 4 amide bonds. The number of hydrogen-bond acceptors (Lipinski definition) is 6. The molecule has 164 valence electrons. The van der Waals surface area contributed by atoms with Crippen molar-refractivity contribution < 1.29 is 29.4 Å². The minimum atomic E-state index is -1.17. The van der Waals surface area contributed by atoms with Crippen molar-refractivity contribution in [2.75, 3.05) is 13.1 Å². The summed E-state index contributed by atoms with van der Waals surface area (Å²) >= 11 is 1.36. The van der Waals surface area contributed by atoms with E-state index in [-0.39, 0.29) is 40.8 Å². The van der Waals surface area contributed by atoms with Crippen molar-refractivity contribution in [2.24, 2.45) is 11.8 Å². The summed E-state index contributed by atoms with van der Waals surface area (Å²) in [7, 11) is 0. The van der Waals surface area contributed by atoms with Gasteiger partial charge in [-0.2, -0.15) is 0 Å². The molecule has 3 saturated heterocycles. The van der Waals surface area contributed by atoms with Gasteiger partial charge in [0.1, 0.15) is 11.7 Å². The van der Waals surface area contributed by atoms with Crippen molar-refractivity contribution in [3.05, 3.63) is 10.6 Å². The Balaban J connectivity index is 1.51. The zero-order valence-corrected chi connectivity index (χ0v) is 18.1. The molecule has 4 aliphatic rings. The maximum Gasteiger partial charge on any atom is 0.353 e. The lowest BCUT2D eigenvalue weighted by atomic mass is 9.79. The number of carboxylic acids is 1. The molecule has 2 N–H and O–H groups in total. The van der Waals surface area contributed by atoms with Crippen LogP contribution in [-0.2, 0) is 14.4 Å². The fraction of sp³-hybridized carbons (Fsp3) is 0.700. The van der Waals surface area contributed by atoms with Gasteiger partial charge in [0.15, 0.2) is 0 Å². The second kappa shape index (κ2) is 7.56. The molecule has 0 aliphatic carbocycles. The predicted molar refractivity (Wildman–Crippen MR) is 108 cm³/mol. The Kier molecular flexibility index (Phi) is 5.34. The highest BCUT2D eigenvalue weighted by Crippen LogP contribution is 2.52. The number of β-lactam (4-membered cyclic amide) rings is 1. The van der Waals surface area contributed by atoms with Gasteiger partial charge in [-0.25, -0.2) is 9.59 Å². The molecular formula is C20H27N3O6S. The molecule has 0 aromatic heterocycles. The van der Waals surface area contributed by atoms with Gasteiger partial charge in [0, 0.05) is 29.2 Å². The number of amides is 4. The van der Waals surface area contributed by atoms with Crippen LogP contribution in [0.4, 0.5) is 4.79 Å². The number of carbonyl (C=O) groups excluding carboxylic acids is 3. The van der Waals surface area contributed by atoms with Crippen molar-refractivity contribution in [3.8, 4) is 0 Å². The zero-order valence-electron chi connectivity index (χ0n) is 17.3. The van der Waals surface area contributed by atoms with Gasteiger partial charge in [-0.1, -0.05) is 20.3 Å². The van der Waals surface area contributed by atoms with Crippen LogP contribution < -0.4 is 0 Å². The molecule has 30 heavy (non-hydrogen) atoms. The average molecular weight is 438 g/mol. The molecule has 4 heterocycles. The topological polar surface area (TPSA) is 118 Å². The van der Waals surface area contributed by atoms with E-state index in [0.29, 0.717) is 24.4 Å². The molecule has 0 radical (unpaired) electrons. The van der Waals surface area contributed by atoms with Crippen molar-refractivity contribution >= 4 is 35.6 Å². The van der Waals surface area contributed by atoms with Crippen LogP contribution in [-0.4, -0.2) is 85.3 Å². The van der Waals surface area contributed by atoms with E-state index >= 15 is 0 Å². The highest BCUT2D eigenvalue weighted by atomic mass is 32.2. The first kappa shape index (κ1) is 21.2. The lowest BCUT2D eigenvalue weighted by Gasteiger charge is -2.46. The first-order valence-corrected chi connectivity index (χ1v) is 11.3. The maximum absolute atomic E-state index is 12.7. The molecule has 0 spiro atoms. The van der Waals surface area contributed by atoms with Crippen LogP contribution in [0.5, 0.6) is 0 Å². The van der Waals surface area contributed by atoms with Gasteiger partial charge >= 0.3 is 12.0 Å². The highest BCUT2D eigenvalue weighted by molar-refractivity contribution is 8.03. The number of aliphatic carboxylic acids is 1. The normalized spacial score (nSPS) is 33.9.